The van der Waals surface area contributed by atoms with Crippen LogP contribution in [0.15, 0.2) is 0 Å². The molecule has 0 unspecified atom stereocenters. The Morgan fingerprint density at radius 2 is 1.44 bits per heavy atom. The lowest BCUT2D eigenvalue weighted by atomic mass is 10.0. The van der Waals surface area contributed by atoms with Crippen molar-refractivity contribution < 1.29 is 44.4 Å². The summed E-state index contributed by atoms with van der Waals surface area (Å²) in [5.41, 5.74) is 0. The standard InChI is InChI=1S/C6H15O9P/c7-1-3(8)5(10)6(11)4(9)2-15-16(12,13)14/h3-11H,1-2H2,(H2,12,13,14)/t3-,4+,5-,6+/m1/s1. The van der Waals surface area contributed by atoms with Crippen LogP contribution in [0.2, 0.25) is 0 Å². The van der Waals surface area contributed by atoms with E-state index in [1.807, 2.05) is 0 Å². The first-order chi connectivity index (χ1) is 7.19. The third kappa shape index (κ3) is 5.85. The van der Waals surface area contributed by atoms with Gasteiger partial charge in [-0.05, 0) is 0 Å². The second-order valence-corrected chi connectivity index (χ2v) is 4.32. The van der Waals surface area contributed by atoms with Gasteiger partial charge in [-0.2, -0.15) is 0 Å². The monoisotopic (exact) mass is 262 g/mol. The number of hydrogen-bond donors (Lipinski definition) is 7. The predicted octanol–water partition coefficient (Wildman–Crippen LogP) is -3.47. The maximum absolute atomic E-state index is 10.2. The van der Waals surface area contributed by atoms with E-state index in [9.17, 15) is 9.67 Å². The lowest BCUT2D eigenvalue weighted by Crippen LogP contribution is -2.47. The molecule has 7 N–H and O–H groups in total. The summed E-state index contributed by atoms with van der Waals surface area (Å²) in [5.74, 6) is 0. The molecule has 0 bridgehead atoms. The van der Waals surface area contributed by atoms with Crippen molar-refractivity contribution in [2.75, 3.05) is 13.2 Å². The Kier molecular flexibility index (Phi) is 6.56. The highest BCUT2D eigenvalue weighted by Gasteiger charge is 2.31. The Labute approximate surface area is 90.8 Å². The Balaban J connectivity index is 4.17. The molecular weight excluding hydrogens is 247 g/mol. The minimum absolute atomic E-state index is 0.843. The van der Waals surface area contributed by atoms with Gasteiger partial charge >= 0.3 is 7.82 Å². The van der Waals surface area contributed by atoms with Crippen molar-refractivity contribution in [1.82, 2.24) is 0 Å². The van der Waals surface area contributed by atoms with Crippen LogP contribution in [-0.4, -0.2) is 72.9 Å². The Morgan fingerprint density at radius 3 is 1.81 bits per heavy atom. The van der Waals surface area contributed by atoms with Gasteiger partial charge in [0, 0.05) is 0 Å². The third-order valence-corrected chi connectivity index (χ3v) is 2.22. The van der Waals surface area contributed by atoms with Gasteiger partial charge in [0.15, 0.2) is 0 Å². The first-order valence-corrected chi connectivity index (χ1v) is 5.75. The molecule has 0 amide bonds. The van der Waals surface area contributed by atoms with Crippen LogP contribution in [-0.2, 0) is 9.09 Å². The molecule has 98 valence electrons. The van der Waals surface area contributed by atoms with Crippen molar-refractivity contribution in [3.05, 3.63) is 0 Å². The first-order valence-electron chi connectivity index (χ1n) is 4.22. The number of aliphatic hydroxyl groups is 5. The van der Waals surface area contributed by atoms with Gasteiger partial charge in [-0.15, -0.1) is 0 Å². The lowest BCUT2D eigenvalue weighted by molar-refractivity contribution is -0.122. The lowest BCUT2D eigenvalue weighted by Gasteiger charge is -2.25. The van der Waals surface area contributed by atoms with Crippen LogP contribution in [0.4, 0.5) is 0 Å². The van der Waals surface area contributed by atoms with Crippen LogP contribution in [0.5, 0.6) is 0 Å². The fraction of sp³-hybridized carbons (Fsp3) is 1.00. The molecule has 0 saturated heterocycles. The topological polar surface area (TPSA) is 168 Å². The average molecular weight is 262 g/mol. The number of rotatable bonds is 7. The molecule has 4 atom stereocenters. The number of phosphoric ester groups is 1. The Bertz CT molecular complexity index is 240. The zero-order valence-electron chi connectivity index (χ0n) is 8.12. The number of phosphoric acid groups is 1. The van der Waals surface area contributed by atoms with E-state index in [1.54, 1.807) is 0 Å². The van der Waals surface area contributed by atoms with Crippen molar-refractivity contribution in [2.45, 2.75) is 24.4 Å². The van der Waals surface area contributed by atoms with Crippen LogP contribution in [0.1, 0.15) is 0 Å². The summed E-state index contributed by atoms with van der Waals surface area (Å²) in [6.07, 6.45) is -7.27. The first kappa shape index (κ1) is 15.9. The van der Waals surface area contributed by atoms with Gasteiger partial charge in [0.05, 0.1) is 13.2 Å². The molecule has 0 spiro atoms. The molecule has 0 aromatic carbocycles. The van der Waals surface area contributed by atoms with E-state index < -0.39 is 45.5 Å². The van der Waals surface area contributed by atoms with E-state index in [-0.39, 0.29) is 0 Å². The Hall–Kier alpha value is -0.0900. The minimum Gasteiger partial charge on any atom is -0.394 e. The summed E-state index contributed by atoms with van der Waals surface area (Å²) in [4.78, 5) is 16.6. The molecule has 0 fully saturated rings. The van der Waals surface area contributed by atoms with Crippen LogP contribution in [0.25, 0.3) is 0 Å². The summed E-state index contributed by atoms with van der Waals surface area (Å²) in [5, 5.41) is 44.8. The third-order valence-electron chi connectivity index (χ3n) is 1.74. The van der Waals surface area contributed by atoms with Crippen molar-refractivity contribution in [3.63, 3.8) is 0 Å². The smallest absolute Gasteiger partial charge is 0.394 e. The van der Waals surface area contributed by atoms with Crippen LogP contribution in [0.3, 0.4) is 0 Å². The molecule has 10 heteroatoms. The molecule has 16 heavy (non-hydrogen) atoms. The Morgan fingerprint density at radius 1 is 1.00 bits per heavy atom. The normalized spacial score (nSPS) is 20.2. The van der Waals surface area contributed by atoms with E-state index in [1.165, 1.54) is 0 Å². The van der Waals surface area contributed by atoms with Gasteiger partial charge in [0.25, 0.3) is 0 Å². The number of hydrogen-bond acceptors (Lipinski definition) is 7. The fourth-order valence-electron chi connectivity index (χ4n) is 0.835. The molecule has 0 aliphatic heterocycles. The second-order valence-electron chi connectivity index (χ2n) is 3.08. The molecule has 0 aliphatic rings. The average Bonchev–Trinajstić information content (AvgIpc) is 2.21. The highest BCUT2D eigenvalue weighted by Crippen LogP contribution is 2.35. The fourth-order valence-corrected chi connectivity index (χ4v) is 1.18. The van der Waals surface area contributed by atoms with E-state index in [0.29, 0.717) is 0 Å². The van der Waals surface area contributed by atoms with Gasteiger partial charge in [0.2, 0.25) is 0 Å². The quantitative estimate of drug-likeness (QED) is 0.230. The highest BCUT2D eigenvalue weighted by molar-refractivity contribution is 7.46. The molecule has 0 aromatic heterocycles. The molecule has 0 aliphatic carbocycles. The van der Waals surface area contributed by atoms with E-state index >= 15 is 0 Å². The molecule has 0 aromatic rings. The summed E-state index contributed by atoms with van der Waals surface area (Å²) in [7, 11) is -4.78. The summed E-state index contributed by atoms with van der Waals surface area (Å²) < 4.78 is 14.1. The zero-order chi connectivity index (χ0) is 12.9. The SMILES string of the molecule is O=P(O)(O)OC[C@H](O)[C@H](O)[C@H](O)[C@H](O)CO. The molecular formula is C6H15O9P. The van der Waals surface area contributed by atoms with Crippen LogP contribution < -0.4 is 0 Å². The molecule has 0 saturated carbocycles. The second kappa shape index (κ2) is 6.60. The molecule has 9 nitrogen and oxygen atoms in total. The largest absolute Gasteiger partial charge is 0.469 e. The van der Waals surface area contributed by atoms with Crippen molar-refractivity contribution in [3.8, 4) is 0 Å². The van der Waals surface area contributed by atoms with E-state index in [4.69, 9.17) is 30.2 Å². The molecule has 0 heterocycles. The van der Waals surface area contributed by atoms with Crippen LogP contribution >= 0.6 is 7.82 Å². The summed E-state index contributed by atoms with van der Waals surface area (Å²) >= 11 is 0. The predicted molar refractivity (Wildman–Crippen MR) is 49.1 cm³/mol. The van der Waals surface area contributed by atoms with E-state index in [2.05, 4.69) is 4.52 Å². The molecule has 0 rings (SSSR count). The van der Waals surface area contributed by atoms with Crippen molar-refractivity contribution in [2.24, 2.45) is 0 Å². The van der Waals surface area contributed by atoms with Crippen LogP contribution in [0, 0.1) is 0 Å². The maximum atomic E-state index is 10.2. The van der Waals surface area contributed by atoms with Gasteiger partial charge in [-0.3, -0.25) is 4.52 Å². The van der Waals surface area contributed by atoms with Gasteiger partial charge < -0.3 is 35.3 Å². The van der Waals surface area contributed by atoms with Gasteiger partial charge in [-0.1, -0.05) is 0 Å². The maximum Gasteiger partial charge on any atom is 0.469 e. The van der Waals surface area contributed by atoms with Crippen molar-refractivity contribution >= 4 is 7.82 Å². The molecule has 0 radical (unpaired) electrons. The summed E-state index contributed by atoms with van der Waals surface area (Å²) in [6, 6.07) is 0. The van der Waals surface area contributed by atoms with Crippen molar-refractivity contribution in [1.29, 1.82) is 0 Å². The van der Waals surface area contributed by atoms with E-state index in [0.717, 1.165) is 0 Å². The number of aliphatic hydroxyl groups excluding tert-OH is 5. The van der Waals surface area contributed by atoms with Gasteiger partial charge in [-0.25, -0.2) is 4.57 Å². The minimum atomic E-state index is -4.78. The summed E-state index contributed by atoms with van der Waals surface area (Å²) in [6.45, 7) is -1.77. The highest BCUT2D eigenvalue weighted by atomic mass is 31.2. The zero-order valence-corrected chi connectivity index (χ0v) is 9.01. The van der Waals surface area contributed by atoms with Gasteiger partial charge in [0.1, 0.15) is 24.4 Å².